The number of β-amino-alcohol motifs (C(OH)–C–C–N with tert-alkyl or cyclic N) is 1. The second-order valence-corrected chi connectivity index (χ2v) is 8.12. The molecule has 1 aliphatic rings. The van der Waals surface area contributed by atoms with Gasteiger partial charge in [-0.2, -0.15) is 0 Å². The van der Waals surface area contributed by atoms with Crippen LogP contribution >= 0.6 is 0 Å². The van der Waals surface area contributed by atoms with Crippen molar-refractivity contribution in [3.8, 4) is 0 Å². The van der Waals surface area contributed by atoms with Crippen molar-refractivity contribution in [1.29, 1.82) is 0 Å². The lowest BCUT2D eigenvalue weighted by Crippen LogP contribution is -2.49. The topological polar surface area (TPSA) is 145 Å². The molecule has 11 heteroatoms. The van der Waals surface area contributed by atoms with E-state index in [-0.39, 0.29) is 25.6 Å². The number of carboxylic acids is 3. The maximum atomic E-state index is 11.2. The Hall–Kier alpha value is -1.79. The highest BCUT2D eigenvalue weighted by Gasteiger charge is 2.21. The average Bonchev–Trinajstić information content (AvgIpc) is 2.62. The van der Waals surface area contributed by atoms with E-state index in [0.717, 1.165) is 0 Å². The minimum atomic E-state index is -0.981. The van der Waals surface area contributed by atoms with Crippen LogP contribution in [0.5, 0.6) is 0 Å². The van der Waals surface area contributed by atoms with Gasteiger partial charge in [0.2, 0.25) is 0 Å². The fraction of sp³-hybridized carbons (Fsp3) is 0.842. The van der Waals surface area contributed by atoms with E-state index in [1.165, 1.54) is 0 Å². The standard InChI is InChI=1S/C19H36N4O7/c1-15(2)16(24)11-20-3-5-21(12-17(25)26)7-9-23(14-19(29)30)10-8-22(6-4-20)13-18(27)28/h15-16,24H,3-14H2,1-2H3,(H,25,26)(H,27,28)(H,29,30). The van der Waals surface area contributed by atoms with Crippen LogP contribution in [0.15, 0.2) is 0 Å². The summed E-state index contributed by atoms with van der Waals surface area (Å²) >= 11 is 0. The molecule has 0 aromatic carbocycles. The Balaban J connectivity index is 2.94. The summed E-state index contributed by atoms with van der Waals surface area (Å²) in [6.45, 7) is 7.26. The van der Waals surface area contributed by atoms with Gasteiger partial charge in [-0.05, 0) is 5.92 Å². The van der Waals surface area contributed by atoms with Crippen LogP contribution in [0.2, 0.25) is 0 Å². The van der Waals surface area contributed by atoms with Crippen LogP contribution in [-0.2, 0) is 14.4 Å². The molecular weight excluding hydrogens is 396 g/mol. The Bertz CT molecular complexity index is 529. The van der Waals surface area contributed by atoms with E-state index in [1.54, 1.807) is 14.7 Å². The highest BCUT2D eigenvalue weighted by Crippen LogP contribution is 2.06. The molecule has 0 spiro atoms. The molecule has 1 unspecified atom stereocenters. The number of hydrogen-bond acceptors (Lipinski definition) is 8. The summed E-state index contributed by atoms with van der Waals surface area (Å²) in [4.78, 5) is 40.9. The van der Waals surface area contributed by atoms with E-state index >= 15 is 0 Å². The molecule has 174 valence electrons. The first-order valence-corrected chi connectivity index (χ1v) is 10.3. The largest absolute Gasteiger partial charge is 0.480 e. The molecule has 1 saturated heterocycles. The minimum Gasteiger partial charge on any atom is -0.480 e. The number of carbonyl (C=O) groups is 3. The van der Waals surface area contributed by atoms with Crippen molar-refractivity contribution in [2.24, 2.45) is 5.92 Å². The minimum absolute atomic E-state index is 0.0706. The molecule has 1 heterocycles. The van der Waals surface area contributed by atoms with E-state index in [9.17, 15) is 29.7 Å². The van der Waals surface area contributed by atoms with Gasteiger partial charge in [-0.25, -0.2) is 0 Å². The lowest BCUT2D eigenvalue weighted by atomic mass is 10.1. The van der Waals surface area contributed by atoms with Crippen LogP contribution in [-0.4, -0.2) is 143 Å². The zero-order chi connectivity index (χ0) is 22.7. The van der Waals surface area contributed by atoms with Gasteiger partial charge in [-0.1, -0.05) is 13.8 Å². The fourth-order valence-electron chi connectivity index (χ4n) is 3.28. The van der Waals surface area contributed by atoms with E-state index < -0.39 is 24.0 Å². The highest BCUT2D eigenvalue weighted by molar-refractivity contribution is 5.69. The Morgan fingerprint density at radius 2 is 0.900 bits per heavy atom. The molecule has 30 heavy (non-hydrogen) atoms. The average molecular weight is 433 g/mol. The van der Waals surface area contributed by atoms with Crippen molar-refractivity contribution in [2.45, 2.75) is 20.0 Å². The highest BCUT2D eigenvalue weighted by atomic mass is 16.4. The molecule has 1 aliphatic heterocycles. The molecule has 4 N–H and O–H groups in total. The van der Waals surface area contributed by atoms with Gasteiger partial charge in [0.15, 0.2) is 0 Å². The van der Waals surface area contributed by atoms with Crippen LogP contribution < -0.4 is 0 Å². The summed E-state index contributed by atoms with van der Waals surface area (Å²) in [5, 5.41) is 37.8. The quantitative estimate of drug-likeness (QED) is 0.337. The van der Waals surface area contributed by atoms with Crippen molar-refractivity contribution >= 4 is 17.9 Å². The Kier molecular flexibility index (Phi) is 11.8. The monoisotopic (exact) mass is 432 g/mol. The molecule has 1 atom stereocenters. The summed E-state index contributed by atoms with van der Waals surface area (Å²) < 4.78 is 0. The van der Waals surface area contributed by atoms with Crippen molar-refractivity contribution in [3.63, 3.8) is 0 Å². The summed E-state index contributed by atoms with van der Waals surface area (Å²) in [6, 6.07) is 0. The van der Waals surface area contributed by atoms with E-state index in [4.69, 9.17) is 5.11 Å². The number of nitrogens with zero attached hydrogens (tertiary/aromatic N) is 4. The van der Waals surface area contributed by atoms with Crippen molar-refractivity contribution in [3.05, 3.63) is 0 Å². The number of aliphatic carboxylic acids is 3. The Morgan fingerprint density at radius 3 is 1.13 bits per heavy atom. The SMILES string of the molecule is CC(C)C(O)CN1CCN(CC(=O)O)CCN(CC(=O)O)CCN(CC(=O)O)CC1. The van der Waals surface area contributed by atoms with Crippen LogP contribution in [0.4, 0.5) is 0 Å². The molecule has 1 fully saturated rings. The third kappa shape index (κ3) is 11.4. The first-order chi connectivity index (χ1) is 14.1. The normalized spacial score (nSPS) is 20.4. The smallest absolute Gasteiger partial charge is 0.317 e. The third-order valence-electron chi connectivity index (χ3n) is 5.22. The van der Waals surface area contributed by atoms with E-state index in [2.05, 4.69) is 0 Å². The first kappa shape index (κ1) is 26.2. The number of hydrogen-bond donors (Lipinski definition) is 4. The van der Waals surface area contributed by atoms with Gasteiger partial charge in [0, 0.05) is 58.9 Å². The lowest BCUT2D eigenvalue weighted by Gasteiger charge is -2.34. The van der Waals surface area contributed by atoms with Gasteiger partial charge in [0.25, 0.3) is 0 Å². The molecule has 0 aromatic heterocycles. The summed E-state index contributed by atoms with van der Waals surface area (Å²) in [6.07, 6.45) is -0.537. The second kappa shape index (κ2) is 13.5. The van der Waals surface area contributed by atoms with Gasteiger partial charge in [0.1, 0.15) is 0 Å². The summed E-state index contributed by atoms with van der Waals surface area (Å²) in [7, 11) is 0. The van der Waals surface area contributed by atoms with E-state index in [0.29, 0.717) is 58.9 Å². The predicted molar refractivity (Wildman–Crippen MR) is 110 cm³/mol. The van der Waals surface area contributed by atoms with Gasteiger partial charge in [0.05, 0.1) is 25.7 Å². The first-order valence-electron chi connectivity index (χ1n) is 10.3. The molecule has 0 bridgehead atoms. The molecule has 0 aliphatic carbocycles. The molecule has 0 radical (unpaired) electrons. The molecule has 1 rings (SSSR count). The second-order valence-electron chi connectivity index (χ2n) is 8.12. The van der Waals surface area contributed by atoms with Gasteiger partial charge in [-0.3, -0.25) is 34.0 Å². The van der Waals surface area contributed by atoms with Gasteiger partial charge < -0.3 is 20.4 Å². The van der Waals surface area contributed by atoms with Crippen molar-refractivity contribution in [1.82, 2.24) is 19.6 Å². The number of aliphatic hydroxyl groups excluding tert-OH is 1. The number of aliphatic hydroxyl groups is 1. The zero-order valence-electron chi connectivity index (χ0n) is 17.9. The van der Waals surface area contributed by atoms with Gasteiger partial charge >= 0.3 is 17.9 Å². The van der Waals surface area contributed by atoms with E-state index in [1.807, 2.05) is 18.7 Å². The molecule has 11 nitrogen and oxygen atoms in total. The zero-order valence-corrected chi connectivity index (χ0v) is 17.9. The van der Waals surface area contributed by atoms with Crippen LogP contribution in [0, 0.1) is 5.92 Å². The predicted octanol–water partition coefficient (Wildman–Crippen LogP) is -1.52. The summed E-state index contributed by atoms with van der Waals surface area (Å²) in [5.41, 5.74) is 0. The van der Waals surface area contributed by atoms with Crippen molar-refractivity contribution in [2.75, 3.05) is 78.5 Å². The fourth-order valence-corrected chi connectivity index (χ4v) is 3.28. The number of rotatable bonds is 9. The van der Waals surface area contributed by atoms with Crippen LogP contribution in [0.1, 0.15) is 13.8 Å². The number of carboxylic acid groups (broad SMARTS) is 3. The van der Waals surface area contributed by atoms with Crippen LogP contribution in [0.25, 0.3) is 0 Å². The Labute approximate surface area is 177 Å². The third-order valence-corrected chi connectivity index (χ3v) is 5.22. The molecule has 0 aromatic rings. The maximum absolute atomic E-state index is 11.2. The molecular formula is C19H36N4O7. The lowest BCUT2D eigenvalue weighted by molar-refractivity contribution is -0.140. The van der Waals surface area contributed by atoms with Gasteiger partial charge in [-0.15, -0.1) is 0 Å². The molecule has 0 amide bonds. The van der Waals surface area contributed by atoms with Crippen LogP contribution in [0.3, 0.4) is 0 Å². The van der Waals surface area contributed by atoms with Crippen molar-refractivity contribution < 1.29 is 34.8 Å². The summed E-state index contributed by atoms with van der Waals surface area (Å²) in [5.74, 6) is -2.81. The Morgan fingerprint density at radius 1 is 0.633 bits per heavy atom. The maximum Gasteiger partial charge on any atom is 0.317 e. The molecule has 0 saturated carbocycles.